The van der Waals surface area contributed by atoms with E-state index in [0.717, 1.165) is 0 Å². The van der Waals surface area contributed by atoms with Gasteiger partial charge in [-0.3, -0.25) is 0 Å². The van der Waals surface area contributed by atoms with Crippen molar-refractivity contribution in [2.75, 3.05) is 0 Å². The minimum atomic E-state index is 0.0312. The van der Waals surface area contributed by atoms with Gasteiger partial charge >= 0.3 is 54.1 Å². The molecule has 1 nitrogen and oxygen atoms in total. The van der Waals surface area contributed by atoms with E-state index in [2.05, 4.69) is 9.94 Å². The summed E-state index contributed by atoms with van der Waals surface area (Å²) in [5.41, 5.74) is 0. The van der Waals surface area contributed by atoms with Gasteiger partial charge in [0.15, 0.2) is 0 Å². The van der Waals surface area contributed by atoms with Gasteiger partial charge in [-0.25, -0.2) is 0 Å². The van der Waals surface area contributed by atoms with Crippen LogP contribution in [0.2, 0.25) is 9.94 Å². The van der Waals surface area contributed by atoms with Gasteiger partial charge < -0.3 is 0 Å². The Morgan fingerprint density at radius 3 is 1.60 bits per heavy atom. The van der Waals surface area contributed by atoms with E-state index in [1.165, 1.54) is 0 Å². The van der Waals surface area contributed by atoms with Crippen LogP contribution in [0.4, 0.5) is 0 Å². The molecule has 5 heavy (non-hydrogen) atoms. The average Bonchev–Trinajstić information content (AvgIpc) is 1.41. The van der Waals surface area contributed by atoms with Crippen molar-refractivity contribution < 1.29 is 1.47 Å². The minimum absolute atomic E-state index is 0.0312. The van der Waals surface area contributed by atoms with Crippen LogP contribution in [0, 0.1) is 0 Å². The van der Waals surface area contributed by atoms with Gasteiger partial charge in [0.1, 0.15) is 0 Å². The Morgan fingerprint density at radius 2 is 1.60 bits per heavy atom. The molecule has 0 saturated heterocycles. The zero-order valence-corrected chi connectivity index (χ0v) is 7.89. The van der Waals surface area contributed by atoms with Crippen molar-refractivity contribution >= 4 is 42.7 Å². The molecule has 0 atom stereocenters. The van der Waals surface area contributed by atoms with E-state index in [1.54, 1.807) is 0 Å². The van der Waals surface area contributed by atoms with Crippen LogP contribution in [0.5, 0.6) is 0 Å². The molecule has 0 bridgehead atoms. The summed E-state index contributed by atoms with van der Waals surface area (Å²) in [6, 6.07) is 0. The fraction of sp³-hybridized carbons (Fsp3) is 1.00. The fourth-order valence-electron chi connectivity index (χ4n) is 0.0680. The molecule has 0 heterocycles. The normalized spacial score (nSPS) is 8.40. The first-order valence-electron chi connectivity index (χ1n) is 1.15. The molecule has 0 spiro atoms. The number of hydrogen-bond donors (Lipinski definition) is 0. The van der Waals surface area contributed by atoms with Crippen molar-refractivity contribution in [2.24, 2.45) is 0 Å². The summed E-state index contributed by atoms with van der Waals surface area (Å²) < 4.78 is 5.09. The van der Waals surface area contributed by atoms with Gasteiger partial charge in [0, 0.05) is 0 Å². The first-order valence-corrected chi connectivity index (χ1v) is 7.71. The predicted molar refractivity (Wildman–Crippen MR) is 24.3 cm³/mol. The number of rotatable bonds is 2. The zero-order chi connectivity index (χ0) is 4.12. The standard InChI is InChI=1S/C2H6OTe2/c1-4-3-5-2/h1-2H3. The first kappa shape index (κ1) is 6.54. The van der Waals surface area contributed by atoms with Crippen molar-refractivity contribution in [3.05, 3.63) is 0 Å². The Bertz CT molecular complexity index is 15.1. The Balaban J connectivity index is 2.19. The second kappa shape index (κ2) is 5.54. The molecule has 0 aliphatic carbocycles. The van der Waals surface area contributed by atoms with Crippen molar-refractivity contribution in [1.82, 2.24) is 0 Å². The molecule has 0 amide bonds. The molecule has 3 heteroatoms. The van der Waals surface area contributed by atoms with Gasteiger partial charge in [0.05, 0.1) is 0 Å². The zero-order valence-electron chi connectivity index (χ0n) is 3.22. The molecule has 0 aromatic rings. The Kier molecular flexibility index (Phi) is 7.24. The van der Waals surface area contributed by atoms with Gasteiger partial charge in [-0.15, -0.1) is 0 Å². The van der Waals surface area contributed by atoms with Crippen LogP contribution < -0.4 is 0 Å². The van der Waals surface area contributed by atoms with E-state index in [9.17, 15) is 0 Å². The number of hydrogen-bond acceptors (Lipinski definition) is 1. The average molecular weight is 301 g/mol. The van der Waals surface area contributed by atoms with Gasteiger partial charge in [-0.1, -0.05) is 0 Å². The SMILES string of the molecule is C[Te]O[Te]C. The van der Waals surface area contributed by atoms with Crippen molar-refractivity contribution in [3.8, 4) is 0 Å². The van der Waals surface area contributed by atoms with Crippen LogP contribution >= 0.6 is 0 Å². The molecule has 0 aromatic heterocycles. The van der Waals surface area contributed by atoms with E-state index < -0.39 is 0 Å². The third kappa shape index (κ3) is 5.54. The Morgan fingerprint density at radius 1 is 1.20 bits per heavy atom. The molecule has 32 valence electrons. The molecule has 0 saturated carbocycles. The second-order valence-electron chi connectivity index (χ2n) is 0.401. The molecule has 0 radical (unpaired) electrons. The third-order valence-corrected chi connectivity index (χ3v) is 6.12. The third-order valence-electron chi connectivity index (χ3n) is 0.136. The van der Waals surface area contributed by atoms with E-state index in [0.29, 0.717) is 0 Å². The maximum atomic E-state index is 5.09. The van der Waals surface area contributed by atoms with Crippen molar-refractivity contribution in [2.45, 2.75) is 9.94 Å². The molecule has 0 aliphatic rings. The first-order chi connectivity index (χ1) is 2.41. The summed E-state index contributed by atoms with van der Waals surface area (Å²) in [4.78, 5) is 4.30. The molecular weight excluding hydrogens is 295 g/mol. The summed E-state index contributed by atoms with van der Waals surface area (Å²) in [6.45, 7) is 0. The molecule has 0 aliphatic heterocycles. The van der Waals surface area contributed by atoms with E-state index in [-0.39, 0.29) is 42.7 Å². The van der Waals surface area contributed by atoms with E-state index in [1.807, 2.05) is 0 Å². The monoisotopic (exact) mass is 306 g/mol. The molecule has 0 rings (SSSR count). The van der Waals surface area contributed by atoms with Gasteiger partial charge in [-0.05, 0) is 0 Å². The van der Waals surface area contributed by atoms with Crippen LogP contribution in [0.25, 0.3) is 0 Å². The summed E-state index contributed by atoms with van der Waals surface area (Å²) in [6.07, 6.45) is 0. The van der Waals surface area contributed by atoms with Gasteiger partial charge in [0.2, 0.25) is 0 Å². The van der Waals surface area contributed by atoms with Gasteiger partial charge in [0.25, 0.3) is 0 Å². The predicted octanol–water partition coefficient (Wildman–Crippen LogP) is 0.338. The summed E-state index contributed by atoms with van der Waals surface area (Å²) in [5.74, 6) is 0. The van der Waals surface area contributed by atoms with Gasteiger partial charge in [-0.2, -0.15) is 0 Å². The summed E-state index contributed by atoms with van der Waals surface area (Å²) >= 11 is 0.0625. The Labute approximate surface area is 53.7 Å². The molecular formula is C2H6OTe2. The molecule has 0 aromatic carbocycles. The molecule has 0 fully saturated rings. The summed E-state index contributed by atoms with van der Waals surface area (Å²) in [7, 11) is 0. The maximum absolute atomic E-state index is 5.09. The van der Waals surface area contributed by atoms with Crippen LogP contribution in [0.3, 0.4) is 0 Å². The fourth-order valence-corrected chi connectivity index (χ4v) is 3.06. The summed E-state index contributed by atoms with van der Waals surface area (Å²) in [5, 5.41) is 0. The quantitative estimate of drug-likeness (QED) is 0.668. The molecule has 0 unspecified atom stereocenters. The van der Waals surface area contributed by atoms with Crippen LogP contribution in [-0.2, 0) is 1.47 Å². The van der Waals surface area contributed by atoms with E-state index in [4.69, 9.17) is 1.47 Å². The van der Waals surface area contributed by atoms with E-state index >= 15 is 0 Å². The topological polar surface area (TPSA) is 9.23 Å². The van der Waals surface area contributed by atoms with Crippen LogP contribution in [0.1, 0.15) is 0 Å². The van der Waals surface area contributed by atoms with Crippen molar-refractivity contribution in [3.63, 3.8) is 0 Å². The van der Waals surface area contributed by atoms with Crippen LogP contribution in [0.15, 0.2) is 0 Å². The molecule has 0 N–H and O–H groups in total. The second-order valence-corrected chi connectivity index (χ2v) is 5.30. The Hall–Kier alpha value is 1.54. The van der Waals surface area contributed by atoms with Crippen molar-refractivity contribution in [1.29, 1.82) is 0 Å². The van der Waals surface area contributed by atoms with Crippen LogP contribution in [-0.4, -0.2) is 42.7 Å².